The van der Waals surface area contributed by atoms with E-state index >= 15 is 0 Å². The van der Waals surface area contributed by atoms with Gasteiger partial charge >= 0.3 is 0 Å². The minimum Gasteiger partial charge on any atom is -0.491 e. The maximum absolute atomic E-state index is 9.48. The van der Waals surface area contributed by atoms with E-state index in [1.165, 1.54) is 22.3 Å². The highest BCUT2D eigenvalue weighted by molar-refractivity contribution is 8.04. The molecule has 4 heterocycles. The predicted octanol–water partition coefficient (Wildman–Crippen LogP) is 12.2. The number of likely N-dealkylation sites (N-methyl/N-ethyl adjacent to an activating group) is 2. The second kappa shape index (κ2) is 23.6. The highest BCUT2D eigenvalue weighted by Crippen LogP contribution is 2.55. The number of thiophene rings is 1. The molecule has 368 valence electrons. The lowest BCUT2D eigenvalue weighted by Crippen LogP contribution is -2.31. The Morgan fingerprint density at radius 2 is 1.20 bits per heavy atom. The van der Waals surface area contributed by atoms with Crippen molar-refractivity contribution in [2.24, 2.45) is 0 Å². The third-order valence-corrected chi connectivity index (χ3v) is 16.2. The fraction of sp³-hybridized carbons (Fsp3) is 0.377. The highest BCUT2D eigenvalue weighted by Gasteiger charge is 2.43. The molecule has 1 saturated heterocycles. The van der Waals surface area contributed by atoms with E-state index in [9.17, 15) is 10.2 Å². The van der Waals surface area contributed by atoms with Crippen molar-refractivity contribution in [1.82, 2.24) is 0 Å². The molecule has 71 heavy (non-hydrogen) atoms. The molecule has 1 fully saturated rings. The average Bonchev–Trinajstić information content (AvgIpc) is 4.05. The monoisotopic (exact) mass is 986 g/mol. The van der Waals surface area contributed by atoms with E-state index in [0.29, 0.717) is 39.5 Å². The molecule has 0 spiro atoms. The Bertz CT molecular complexity index is 2870. The van der Waals surface area contributed by atoms with Crippen molar-refractivity contribution >= 4 is 52.7 Å². The van der Waals surface area contributed by atoms with E-state index < -0.39 is 0 Å². The number of allylic oxidation sites excluding steroid dienone is 1. The number of anilines is 2. The number of rotatable bonds is 18. The summed E-state index contributed by atoms with van der Waals surface area (Å²) in [6, 6.07) is 30.6. The molecule has 9 rings (SSSR count). The van der Waals surface area contributed by atoms with Crippen LogP contribution in [0.3, 0.4) is 0 Å². The number of aliphatic hydroxyl groups excluding tert-OH is 2. The first-order valence-electron chi connectivity index (χ1n) is 25.6. The van der Waals surface area contributed by atoms with Crippen molar-refractivity contribution in [2.45, 2.75) is 83.0 Å². The number of nitrogens with zero attached hydrogens (tertiary/aromatic N) is 2. The molecule has 0 amide bonds. The number of unbranched alkanes of at least 4 members (excludes halogenated alkanes) is 2. The first-order valence-corrected chi connectivity index (χ1v) is 27.3. The Morgan fingerprint density at radius 1 is 0.634 bits per heavy atom. The Hall–Kier alpha value is -5.85. The van der Waals surface area contributed by atoms with Crippen LogP contribution in [0.2, 0.25) is 0 Å². The Kier molecular flexibility index (Phi) is 16.6. The molecule has 2 unspecified atom stereocenters. The Morgan fingerprint density at radius 3 is 1.77 bits per heavy atom. The molecule has 0 radical (unpaired) electrons. The summed E-state index contributed by atoms with van der Waals surface area (Å²) in [7, 11) is 0. The van der Waals surface area contributed by atoms with E-state index in [4.69, 9.17) is 18.9 Å². The van der Waals surface area contributed by atoms with Crippen molar-refractivity contribution in [2.75, 3.05) is 75.6 Å². The van der Waals surface area contributed by atoms with Gasteiger partial charge in [0.05, 0.1) is 34.9 Å². The minimum absolute atomic E-state index is 0.0496. The van der Waals surface area contributed by atoms with Crippen LogP contribution in [-0.4, -0.2) is 87.4 Å². The van der Waals surface area contributed by atoms with Gasteiger partial charge in [0.2, 0.25) is 0 Å². The van der Waals surface area contributed by atoms with Crippen LogP contribution in [0.4, 0.5) is 11.4 Å². The summed E-state index contributed by atoms with van der Waals surface area (Å²) in [6.45, 7) is 14.0. The second-order valence-corrected chi connectivity index (χ2v) is 20.6. The quantitative estimate of drug-likeness (QED) is 0.0834. The molecule has 8 nitrogen and oxygen atoms in total. The first-order chi connectivity index (χ1) is 34.9. The van der Waals surface area contributed by atoms with Crippen LogP contribution in [0.1, 0.15) is 109 Å². The summed E-state index contributed by atoms with van der Waals surface area (Å²) >= 11 is 3.33. The SMILES string of the molecule is CCCCC1(CCCC)c2cc(C#CC3=C4OCCOC4C(/C=C/c4ccc(N(CC)CCO)cc4)S3)ccc2-c2ccc(C#Cc3sc(/C=C/c4ccc(N(CC)CCO)cc4)c4c3OCCO4)cc21. The molecule has 5 aromatic rings. The normalized spacial score (nSPS) is 17.3. The number of hydrogen-bond acceptors (Lipinski definition) is 10. The molecule has 4 aliphatic rings. The van der Waals surface area contributed by atoms with Gasteiger partial charge in [0.1, 0.15) is 36.6 Å². The van der Waals surface area contributed by atoms with Gasteiger partial charge in [-0.3, -0.25) is 0 Å². The summed E-state index contributed by atoms with van der Waals surface area (Å²) < 4.78 is 25.0. The molecule has 2 N–H and O–H groups in total. The smallest absolute Gasteiger partial charge is 0.188 e. The molecule has 1 aliphatic carbocycles. The zero-order valence-electron chi connectivity index (χ0n) is 41.6. The zero-order chi connectivity index (χ0) is 49.2. The van der Waals surface area contributed by atoms with Crippen molar-refractivity contribution in [3.05, 3.63) is 145 Å². The maximum Gasteiger partial charge on any atom is 0.188 e. The van der Waals surface area contributed by atoms with Crippen molar-refractivity contribution in [3.8, 4) is 46.3 Å². The fourth-order valence-corrected chi connectivity index (χ4v) is 12.4. The molecular weight excluding hydrogens is 921 g/mol. The zero-order valence-corrected chi connectivity index (χ0v) is 43.2. The van der Waals surface area contributed by atoms with Crippen LogP contribution >= 0.6 is 23.1 Å². The standard InChI is InChI=1S/C61H66N2O6S2/c1-5-9-31-61(32-10-6-2)51-41-45(19-29-55-59-57(66-37-39-68-59)53(70-55)27-17-43-11-21-47(22-12-43)62(7-3)33-35-64)15-25-49(51)50-26-16-46(42-52(50)61)20-30-56-60-58(67-38-40-69-60)54(71-56)28-18-44-13-23-48(24-14-44)63(8-4)34-36-65/h11-18,21-28,41-42,53,57,64-65H,5-10,31-40H2,1-4H3/b27-17+,28-18+. The van der Waals surface area contributed by atoms with Crippen LogP contribution in [0.25, 0.3) is 29.4 Å². The van der Waals surface area contributed by atoms with Gasteiger partial charge in [-0.05, 0) is 121 Å². The lowest BCUT2D eigenvalue weighted by atomic mass is 9.70. The summed E-state index contributed by atoms with van der Waals surface area (Å²) in [6.07, 6.45) is 15.0. The Balaban J connectivity index is 0.975. The minimum atomic E-state index is -0.175. The van der Waals surface area contributed by atoms with Crippen molar-refractivity contribution in [3.63, 3.8) is 0 Å². The number of benzene rings is 4. The second-order valence-electron chi connectivity index (χ2n) is 18.4. The fourth-order valence-electron chi connectivity index (χ4n) is 10.3. The van der Waals surface area contributed by atoms with Crippen molar-refractivity contribution in [1.29, 1.82) is 0 Å². The van der Waals surface area contributed by atoms with Crippen LogP contribution < -0.4 is 19.3 Å². The lowest BCUT2D eigenvalue weighted by molar-refractivity contribution is -0.0360. The van der Waals surface area contributed by atoms with Gasteiger partial charge < -0.3 is 39.0 Å². The number of thioether (sulfide) groups is 1. The van der Waals surface area contributed by atoms with Crippen LogP contribution in [0.5, 0.6) is 11.5 Å². The molecule has 1 aromatic heterocycles. The van der Waals surface area contributed by atoms with E-state index in [1.807, 2.05) is 0 Å². The molecule has 2 atom stereocenters. The summed E-state index contributed by atoms with van der Waals surface area (Å²) in [5.41, 5.74) is 11.6. The summed E-state index contributed by atoms with van der Waals surface area (Å²) in [5.74, 6) is 16.6. The maximum atomic E-state index is 9.48. The van der Waals surface area contributed by atoms with Gasteiger partial charge in [-0.1, -0.05) is 112 Å². The van der Waals surface area contributed by atoms with Crippen molar-refractivity contribution < 1.29 is 29.2 Å². The van der Waals surface area contributed by atoms with E-state index in [-0.39, 0.29) is 30.0 Å². The van der Waals surface area contributed by atoms with E-state index in [2.05, 4.69) is 170 Å². The summed E-state index contributed by atoms with van der Waals surface area (Å²) in [5, 5.41) is 19.0. The number of aliphatic hydroxyl groups is 2. The lowest BCUT2D eigenvalue weighted by Gasteiger charge is -2.33. The van der Waals surface area contributed by atoms with Gasteiger partial charge in [-0.25, -0.2) is 0 Å². The van der Waals surface area contributed by atoms with Gasteiger partial charge in [0.15, 0.2) is 11.5 Å². The van der Waals surface area contributed by atoms with Crippen LogP contribution in [-0.2, 0) is 14.9 Å². The number of hydrogen-bond donors (Lipinski definition) is 2. The third kappa shape index (κ3) is 11.0. The van der Waals surface area contributed by atoms with E-state index in [0.717, 1.165) is 117 Å². The topological polar surface area (TPSA) is 83.9 Å². The first kappa shape index (κ1) is 50.1. The predicted molar refractivity (Wildman–Crippen MR) is 295 cm³/mol. The Labute approximate surface area is 429 Å². The van der Waals surface area contributed by atoms with Gasteiger partial charge in [0.25, 0.3) is 0 Å². The molecular formula is C61H66N2O6S2. The molecule has 0 bridgehead atoms. The number of ether oxygens (including phenoxy) is 4. The number of fused-ring (bicyclic) bond motifs is 5. The average molecular weight is 987 g/mol. The van der Waals surface area contributed by atoms with Gasteiger partial charge in [0, 0.05) is 54.1 Å². The molecule has 0 saturated carbocycles. The van der Waals surface area contributed by atoms with Gasteiger partial charge in [-0.2, -0.15) is 0 Å². The van der Waals surface area contributed by atoms with Gasteiger partial charge in [-0.15, -0.1) is 23.1 Å². The van der Waals surface area contributed by atoms with Crippen LogP contribution in [0, 0.1) is 23.7 Å². The molecule has 3 aliphatic heterocycles. The molecule has 10 heteroatoms. The van der Waals surface area contributed by atoms with Crippen LogP contribution in [0.15, 0.2) is 102 Å². The van der Waals surface area contributed by atoms with E-state index in [1.54, 1.807) is 23.1 Å². The summed E-state index contributed by atoms with van der Waals surface area (Å²) in [4.78, 5) is 7.12. The highest BCUT2D eigenvalue weighted by atomic mass is 32.2. The molecule has 4 aromatic carbocycles. The largest absolute Gasteiger partial charge is 0.491 e. The third-order valence-electron chi connectivity index (χ3n) is 13.9.